The number of carbonyl (C=O) groups excluding carboxylic acids is 1. The van der Waals surface area contributed by atoms with Gasteiger partial charge in [0.05, 0.1) is 23.2 Å². The van der Waals surface area contributed by atoms with E-state index >= 15 is 0 Å². The van der Waals surface area contributed by atoms with Crippen LogP contribution in [0.3, 0.4) is 0 Å². The summed E-state index contributed by atoms with van der Waals surface area (Å²) in [4.78, 5) is 30.6. The molecule has 0 fully saturated rings. The number of nitrogens with zero attached hydrogens (tertiary/aromatic N) is 2. The van der Waals surface area contributed by atoms with Gasteiger partial charge in [0.1, 0.15) is 0 Å². The monoisotopic (exact) mass is 441 g/mol. The minimum absolute atomic E-state index is 0.0963. The molecule has 0 unspecified atom stereocenters. The Labute approximate surface area is 190 Å². The Morgan fingerprint density at radius 2 is 1.75 bits per heavy atom. The van der Waals surface area contributed by atoms with Crippen molar-refractivity contribution in [3.8, 4) is 0 Å². The molecule has 1 aromatic heterocycles. The second kappa shape index (κ2) is 9.01. The molecule has 0 bridgehead atoms. The molecular weight excluding hydrogens is 418 g/mol. The van der Waals surface area contributed by atoms with Crippen molar-refractivity contribution in [3.05, 3.63) is 99.8 Å². The third kappa shape index (κ3) is 4.32. The number of rotatable bonds is 6. The summed E-state index contributed by atoms with van der Waals surface area (Å²) in [5.41, 5.74) is 5.08. The molecule has 1 aliphatic carbocycles. The second-order valence-corrected chi connectivity index (χ2v) is 8.90. The first-order chi connectivity index (χ1) is 15.7. The number of fused-ring (bicyclic) bond motifs is 2. The normalized spacial score (nSPS) is 12.6. The van der Waals surface area contributed by atoms with Gasteiger partial charge >= 0.3 is 0 Å². The summed E-state index contributed by atoms with van der Waals surface area (Å²) in [5, 5.41) is 4.11. The van der Waals surface area contributed by atoms with Gasteiger partial charge in [-0.3, -0.25) is 14.2 Å². The Balaban J connectivity index is 1.38. The van der Waals surface area contributed by atoms with E-state index < -0.39 is 0 Å². The summed E-state index contributed by atoms with van der Waals surface area (Å²) in [7, 11) is 0. The smallest absolute Gasteiger partial charge is 0.262 e. The van der Waals surface area contributed by atoms with Crippen LogP contribution in [0.1, 0.15) is 23.1 Å². The minimum Gasteiger partial charge on any atom is -0.325 e. The number of para-hydroxylation sites is 1. The quantitative estimate of drug-likeness (QED) is 0.349. The topological polar surface area (TPSA) is 64.0 Å². The van der Waals surface area contributed by atoms with Crippen molar-refractivity contribution in [2.45, 2.75) is 31.0 Å². The summed E-state index contributed by atoms with van der Waals surface area (Å²) >= 11 is 1.29. The number of thioether (sulfide) groups is 1. The lowest BCUT2D eigenvalue weighted by atomic mass is 10.1. The van der Waals surface area contributed by atoms with Crippen molar-refractivity contribution in [2.24, 2.45) is 0 Å². The van der Waals surface area contributed by atoms with Crippen LogP contribution in [0.4, 0.5) is 5.69 Å². The standard InChI is InChI=1S/C26H23N3O2S/c30-24(27-21-14-13-19-9-6-10-20(19)15-21)17-32-26-28-23-12-5-4-11-22(23)25(31)29(26)16-18-7-2-1-3-8-18/h1-5,7-8,11-15H,6,9-10,16-17H2,(H,27,30). The van der Waals surface area contributed by atoms with E-state index in [2.05, 4.69) is 17.4 Å². The molecule has 1 aliphatic rings. The van der Waals surface area contributed by atoms with Crippen molar-refractivity contribution < 1.29 is 4.79 Å². The first kappa shape index (κ1) is 20.5. The lowest BCUT2D eigenvalue weighted by molar-refractivity contribution is -0.113. The van der Waals surface area contributed by atoms with Crippen LogP contribution in [0.25, 0.3) is 10.9 Å². The van der Waals surface area contributed by atoms with Crippen LogP contribution in [0.5, 0.6) is 0 Å². The van der Waals surface area contributed by atoms with Gasteiger partial charge in [-0.05, 0) is 60.2 Å². The average molecular weight is 442 g/mol. The summed E-state index contributed by atoms with van der Waals surface area (Å²) < 4.78 is 1.66. The van der Waals surface area contributed by atoms with Crippen LogP contribution >= 0.6 is 11.8 Å². The number of benzene rings is 3. The van der Waals surface area contributed by atoms with E-state index in [9.17, 15) is 9.59 Å². The fourth-order valence-electron chi connectivity index (χ4n) is 4.14. The molecule has 4 aromatic rings. The molecule has 0 atom stereocenters. The molecule has 160 valence electrons. The number of hydrogen-bond acceptors (Lipinski definition) is 4. The van der Waals surface area contributed by atoms with Gasteiger partial charge in [-0.1, -0.05) is 60.3 Å². The molecule has 1 N–H and O–H groups in total. The van der Waals surface area contributed by atoms with Gasteiger partial charge < -0.3 is 5.32 Å². The summed E-state index contributed by atoms with van der Waals surface area (Å²) in [6.45, 7) is 0.409. The number of nitrogens with one attached hydrogen (secondary N) is 1. The zero-order valence-corrected chi connectivity index (χ0v) is 18.4. The van der Waals surface area contributed by atoms with Crippen LogP contribution in [-0.4, -0.2) is 21.2 Å². The third-order valence-electron chi connectivity index (χ3n) is 5.72. The Bertz CT molecular complexity index is 1350. The van der Waals surface area contributed by atoms with Crippen molar-refractivity contribution in [2.75, 3.05) is 11.1 Å². The third-order valence-corrected chi connectivity index (χ3v) is 6.70. The molecule has 0 radical (unpaired) electrons. The van der Waals surface area contributed by atoms with E-state index in [1.54, 1.807) is 10.6 Å². The molecule has 1 amide bonds. The molecular formula is C26H23N3O2S. The highest BCUT2D eigenvalue weighted by Gasteiger charge is 2.15. The van der Waals surface area contributed by atoms with Crippen LogP contribution in [0.2, 0.25) is 0 Å². The number of carbonyl (C=O) groups is 1. The lowest BCUT2D eigenvalue weighted by Crippen LogP contribution is -2.24. The molecule has 0 saturated carbocycles. The number of aryl methyl sites for hydroxylation is 2. The predicted molar refractivity (Wildman–Crippen MR) is 129 cm³/mol. The largest absolute Gasteiger partial charge is 0.325 e. The molecule has 32 heavy (non-hydrogen) atoms. The molecule has 3 aromatic carbocycles. The second-order valence-electron chi connectivity index (χ2n) is 7.96. The van der Waals surface area contributed by atoms with E-state index in [4.69, 9.17) is 4.98 Å². The van der Waals surface area contributed by atoms with Gasteiger partial charge in [0.2, 0.25) is 5.91 Å². The van der Waals surface area contributed by atoms with E-state index in [1.165, 1.54) is 29.3 Å². The average Bonchev–Trinajstić information content (AvgIpc) is 3.28. The van der Waals surface area contributed by atoms with Crippen LogP contribution < -0.4 is 10.9 Å². The number of anilines is 1. The maximum Gasteiger partial charge on any atom is 0.262 e. The zero-order chi connectivity index (χ0) is 21.9. The Morgan fingerprint density at radius 1 is 0.969 bits per heavy atom. The molecule has 0 aliphatic heterocycles. The van der Waals surface area contributed by atoms with Gasteiger partial charge in [-0.2, -0.15) is 0 Å². The minimum atomic E-state index is -0.110. The summed E-state index contributed by atoms with van der Waals surface area (Å²) in [6.07, 6.45) is 3.36. The van der Waals surface area contributed by atoms with E-state index in [-0.39, 0.29) is 17.2 Å². The van der Waals surface area contributed by atoms with Gasteiger partial charge in [-0.25, -0.2) is 4.98 Å². The van der Waals surface area contributed by atoms with E-state index in [1.807, 2.05) is 54.6 Å². The molecule has 0 spiro atoms. The zero-order valence-electron chi connectivity index (χ0n) is 17.6. The summed E-state index contributed by atoms with van der Waals surface area (Å²) in [5.74, 6) is 0.0676. The van der Waals surface area contributed by atoms with Crippen molar-refractivity contribution >= 4 is 34.3 Å². The SMILES string of the molecule is O=C(CSc1nc2ccccc2c(=O)n1Cc1ccccc1)Nc1ccc2c(c1)CCC2. The Kier molecular flexibility index (Phi) is 5.77. The summed E-state index contributed by atoms with van der Waals surface area (Å²) in [6, 6.07) is 23.3. The van der Waals surface area contributed by atoms with Crippen molar-refractivity contribution in [1.82, 2.24) is 9.55 Å². The van der Waals surface area contributed by atoms with E-state index in [0.29, 0.717) is 22.6 Å². The van der Waals surface area contributed by atoms with Gasteiger partial charge in [0.25, 0.3) is 5.56 Å². The highest BCUT2D eigenvalue weighted by Crippen LogP contribution is 2.25. The fourth-order valence-corrected chi connectivity index (χ4v) is 4.94. The van der Waals surface area contributed by atoms with Crippen LogP contribution in [0.15, 0.2) is 82.7 Å². The number of hydrogen-bond donors (Lipinski definition) is 1. The molecule has 5 nitrogen and oxygen atoms in total. The van der Waals surface area contributed by atoms with Gasteiger partial charge in [0, 0.05) is 5.69 Å². The number of aromatic nitrogens is 2. The first-order valence-corrected chi connectivity index (χ1v) is 11.7. The maximum absolute atomic E-state index is 13.2. The van der Waals surface area contributed by atoms with Crippen molar-refractivity contribution in [1.29, 1.82) is 0 Å². The molecule has 1 heterocycles. The van der Waals surface area contributed by atoms with Crippen LogP contribution in [0, 0.1) is 0 Å². The highest BCUT2D eigenvalue weighted by atomic mass is 32.2. The fraction of sp³-hybridized carbons (Fsp3) is 0.192. The Morgan fingerprint density at radius 3 is 2.62 bits per heavy atom. The van der Waals surface area contributed by atoms with Crippen molar-refractivity contribution in [3.63, 3.8) is 0 Å². The maximum atomic E-state index is 13.2. The molecule has 5 rings (SSSR count). The predicted octanol–water partition coefficient (Wildman–Crippen LogP) is 4.66. The van der Waals surface area contributed by atoms with Gasteiger partial charge in [-0.15, -0.1) is 0 Å². The molecule has 6 heteroatoms. The number of amides is 1. The highest BCUT2D eigenvalue weighted by molar-refractivity contribution is 7.99. The lowest BCUT2D eigenvalue weighted by Gasteiger charge is -2.13. The van der Waals surface area contributed by atoms with Crippen LogP contribution in [-0.2, 0) is 24.2 Å². The Hall–Kier alpha value is -3.38. The van der Waals surface area contributed by atoms with E-state index in [0.717, 1.165) is 24.1 Å². The van der Waals surface area contributed by atoms with Gasteiger partial charge in [0.15, 0.2) is 5.16 Å². The first-order valence-electron chi connectivity index (χ1n) is 10.8. The molecule has 0 saturated heterocycles.